The monoisotopic (exact) mass is 292 g/mol. The Bertz CT molecular complexity index is 541. The first-order valence-corrected chi connectivity index (χ1v) is 7.21. The molecule has 5 heteroatoms. The van der Waals surface area contributed by atoms with Gasteiger partial charge in [0.05, 0.1) is 6.61 Å². The molecule has 1 aromatic carbocycles. The van der Waals surface area contributed by atoms with Gasteiger partial charge in [0.1, 0.15) is 6.10 Å². The van der Waals surface area contributed by atoms with Crippen LogP contribution in [0.5, 0.6) is 0 Å². The van der Waals surface area contributed by atoms with Gasteiger partial charge in [-0.05, 0) is 57.4 Å². The highest BCUT2D eigenvalue weighted by molar-refractivity contribution is 5.90. The van der Waals surface area contributed by atoms with E-state index in [1.54, 1.807) is 0 Å². The van der Waals surface area contributed by atoms with Gasteiger partial charge in [-0.25, -0.2) is 4.79 Å². The van der Waals surface area contributed by atoms with Crippen molar-refractivity contribution in [3.8, 4) is 0 Å². The van der Waals surface area contributed by atoms with Crippen LogP contribution in [0.3, 0.4) is 0 Å². The minimum absolute atomic E-state index is 0.105. The van der Waals surface area contributed by atoms with Crippen LogP contribution < -0.4 is 10.6 Å². The molecule has 2 N–H and O–H groups in total. The third-order valence-corrected chi connectivity index (χ3v) is 3.65. The first-order chi connectivity index (χ1) is 9.77. The normalized spacial score (nSPS) is 20.3. The van der Waals surface area contributed by atoms with Crippen LogP contribution in [-0.4, -0.2) is 31.1 Å². The molecule has 1 unspecified atom stereocenters. The van der Waals surface area contributed by atoms with Gasteiger partial charge in [-0.1, -0.05) is 6.07 Å². The smallest absolute Gasteiger partial charge is 0.319 e. The molecule has 1 aromatic rings. The predicted molar refractivity (Wildman–Crippen MR) is 82.6 cm³/mol. The number of rotatable bonds is 3. The predicted octanol–water partition coefficient (Wildman–Crippen LogP) is 2.88. The summed E-state index contributed by atoms with van der Waals surface area (Å²) in [6.45, 7) is 10.7. The van der Waals surface area contributed by atoms with Crippen LogP contribution in [0.1, 0.15) is 30.5 Å². The van der Waals surface area contributed by atoms with Crippen molar-refractivity contribution in [3.05, 3.63) is 28.8 Å². The summed E-state index contributed by atoms with van der Waals surface area (Å²) in [6.07, 6.45) is -0.105. The van der Waals surface area contributed by atoms with Crippen LogP contribution in [0.4, 0.5) is 10.5 Å². The van der Waals surface area contributed by atoms with Crippen molar-refractivity contribution in [2.45, 2.75) is 46.5 Å². The maximum Gasteiger partial charge on any atom is 0.319 e. The third-order valence-electron chi connectivity index (χ3n) is 3.65. The van der Waals surface area contributed by atoms with Crippen LogP contribution >= 0.6 is 0 Å². The summed E-state index contributed by atoms with van der Waals surface area (Å²) in [5, 5.41) is 5.69. The lowest BCUT2D eigenvalue weighted by atomic mass is 10.1. The quantitative estimate of drug-likeness (QED) is 0.900. The van der Waals surface area contributed by atoms with E-state index in [4.69, 9.17) is 9.47 Å². The first-order valence-electron chi connectivity index (χ1n) is 7.21. The molecule has 1 aliphatic heterocycles. The van der Waals surface area contributed by atoms with Crippen LogP contribution in [0.2, 0.25) is 0 Å². The lowest BCUT2D eigenvalue weighted by Gasteiger charge is -2.17. The zero-order valence-electron chi connectivity index (χ0n) is 13.4. The Hall–Kier alpha value is -1.59. The molecule has 0 spiro atoms. The Morgan fingerprint density at radius 3 is 2.52 bits per heavy atom. The summed E-state index contributed by atoms with van der Waals surface area (Å²) in [5.74, 6) is -0.562. The number of carbonyl (C=O) groups is 1. The van der Waals surface area contributed by atoms with E-state index in [1.165, 1.54) is 5.56 Å². The highest BCUT2D eigenvalue weighted by Crippen LogP contribution is 2.22. The Morgan fingerprint density at radius 2 is 1.90 bits per heavy atom. The fourth-order valence-corrected chi connectivity index (χ4v) is 2.33. The number of nitrogens with one attached hydrogen (secondary N) is 2. The minimum Gasteiger partial charge on any atom is -0.348 e. The number of ether oxygens (including phenoxy) is 2. The van der Waals surface area contributed by atoms with Crippen molar-refractivity contribution in [2.75, 3.05) is 18.5 Å². The largest absolute Gasteiger partial charge is 0.348 e. The number of urea groups is 1. The second kappa shape index (κ2) is 6.03. The van der Waals surface area contributed by atoms with E-state index < -0.39 is 5.79 Å². The van der Waals surface area contributed by atoms with E-state index in [9.17, 15) is 4.79 Å². The van der Waals surface area contributed by atoms with Gasteiger partial charge in [-0.2, -0.15) is 0 Å². The highest BCUT2D eigenvalue weighted by atomic mass is 16.7. The third kappa shape index (κ3) is 4.19. The number of hydrogen-bond donors (Lipinski definition) is 2. The van der Waals surface area contributed by atoms with Crippen LogP contribution in [0.15, 0.2) is 12.1 Å². The number of carbonyl (C=O) groups excluding carboxylic acids is 1. The summed E-state index contributed by atoms with van der Waals surface area (Å²) >= 11 is 0. The highest BCUT2D eigenvalue weighted by Gasteiger charge is 2.32. The molecule has 1 fully saturated rings. The van der Waals surface area contributed by atoms with Gasteiger partial charge >= 0.3 is 6.03 Å². The summed E-state index contributed by atoms with van der Waals surface area (Å²) in [7, 11) is 0. The molecule has 0 saturated carbocycles. The van der Waals surface area contributed by atoms with Crippen molar-refractivity contribution in [3.63, 3.8) is 0 Å². The van der Waals surface area contributed by atoms with Gasteiger partial charge in [0, 0.05) is 12.2 Å². The summed E-state index contributed by atoms with van der Waals surface area (Å²) in [4.78, 5) is 12.0. The SMILES string of the molecule is Cc1cc(C)c(NC(=O)NCC2COC(C)(C)O2)cc1C. The van der Waals surface area contributed by atoms with Crippen LogP contribution in [-0.2, 0) is 9.47 Å². The fourth-order valence-electron chi connectivity index (χ4n) is 2.33. The average Bonchev–Trinajstić information content (AvgIpc) is 2.73. The molecule has 0 aliphatic carbocycles. The maximum absolute atomic E-state index is 12.0. The van der Waals surface area contributed by atoms with Gasteiger partial charge in [0.15, 0.2) is 5.79 Å². The Morgan fingerprint density at radius 1 is 1.24 bits per heavy atom. The molecule has 5 nitrogen and oxygen atoms in total. The zero-order chi connectivity index (χ0) is 15.6. The number of amides is 2. The van der Waals surface area contributed by atoms with E-state index in [2.05, 4.69) is 23.6 Å². The molecule has 2 amide bonds. The van der Waals surface area contributed by atoms with Crippen molar-refractivity contribution in [1.29, 1.82) is 0 Å². The van der Waals surface area contributed by atoms with Crippen molar-refractivity contribution >= 4 is 11.7 Å². The number of benzene rings is 1. The summed E-state index contributed by atoms with van der Waals surface area (Å²) in [6, 6.07) is 3.83. The molecular formula is C16H24N2O3. The molecule has 1 atom stereocenters. The topological polar surface area (TPSA) is 59.6 Å². The van der Waals surface area contributed by atoms with Crippen LogP contribution in [0.25, 0.3) is 0 Å². The van der Waals surface area contributed by atoms with Gasteiger partial charge in [0.25, 0.3) is 0 Å². The van der Waals surface area contributed by atoms with E-state index in [1.807, 2.05) is 33.8 Å². The first kappa shape index (κ1) is 15.8. The number of aryl methyl sites for hydroxylation is 3. The second-order valence-electron chi connectivity index (χ2n) is 6.04. The van der Waals surface area contributed by atoms with Gasteiger partial charge < -0.3 is 20.1 Å². The molecule has 0 aromatic heterocycles. The maximum atomic E-state index is 12.0. The van der Waals surface area contributed by atoms with E-state index in [0.29, 0.717) is 13.2 Å². The average molecular weight is 292 g/mol. The Kier molecular flexibility index (Phi) is 4.54. The van der Waals surface area contributed by atoms with E-state index >= 15 is 0 Å². The van der Waals surface area contributed by atoms with Crippen molar-refractivity contribution < 1.29 is 14.3 Å². The van der Waals surface area contributed by atoms with Crippen molar-refractivity contribution in [1.82, 2.24) is 5.32 Å². The molecule has 116 valence electrons. The van der Waals surface area contributed by atoms with Gasteiger partial charge in [0.2, 0.25) is 0 Å². The molecule has 1 heterocycles. The number of hydrogen-bond acceptors (Lipinski definition) is 3. The van der Waals surface area contributed by atoms with E-state index in [0.717, 1.165) is 16.8 Å². The lowest BCUT2D eigenvalue weighted by Crippen LogP contribution is -2.37. The zero-order valence-corrected chi connectivity index (χ0v) is 13.4. The molecule has 2 rings (SSSR count). The molecule has 21 heavy (non-hydrogen) atoms. The molecular weight excluding hydrogens is 268 g/mol. The second-order valence-corrected chi connectivity index (χ2v) is 6.04. The van der Waals surface area contributed by atoms with Gasteiger partial charge in [-0.3, -0.25) is 0 Å². The standard InChI is InChI=1S/C16H24N2O3/c1-10-6-12(3)14(7-11(10)2)18-15(19)17-8-13-9-20-16(4,5)21-13/h6-7,13H,8-9H2,1-5H3,(H2,17,18,19). The van der Waals surface area contributed by atoms with E-state index in [-0.39, 0.29) is 12.1 Å². The molecule has 1 aliphatic rings. The number of anilines is 1. The molecule has 1 saturated heterocycles. The van der Waals surface area contributed by atoms with Crippen molar-refractivity contribution in [2.24, 2.45) is 0 Å². The minimum atomic E-state index is -0.562. The fraction of sp³-hybridized carbons (Fsp3) is 0.562. The molecule has 0 bridgehead atoms. The summed E-state index contributed by atoms with van der Waals surface area (Å²) < 4.78 is 11.1. The lowest BCUT2D eigenvalue weighted by molar-refractivity contribution is -0.137. The Labute approximate surface area is 126 Å². The van der Waals surface area contributed by atoms with Gasteiger partial charge in [-0.15, -0.1) is 0 Å². The van der Waals surface area contributed by atoms with Crippen LogP contribution in [0, 0.1) is 20.8 Å². The molecule has 0 radical (unpaired) electrons. The summed E-state index contributed by atoms with van der Waals surface area (Å²) in [5.41, 5.74) is 4.26. The Balaban J connectivity index is 1.87.